The van der Waals surface area contributed by atoms with Gasteiger partial charge in [-0.25, -0.2) is 0 Å². The van der Waals surface area contributed by atoms with Crippen LogP contribution in [0.4, 0.5) is 0 Å². The van der Waals surface area contributed by atoms with Crippen LogP contribution in [-0.2, 0) is 0 Å². The first-order chi connectivity index (χ1) is 8.63. The summed E-state index contributed by atoms with van der Waals surface area (Å²) in [7, 11) is 0. The highest BCUT2D eigenvalue weighted by atomic mass is 35.5. The smallest absolute Gasteiger partial charge is 0.259 e. The molecule has 0 bridgehead atoms. The Morgan fingerprint density at radius 3 is 2.72 bits per heavy atom. The average molecular weight is 281 g/mol. The summed E-state index contributed by atoms with van der Waals surface area (Å²) >= 11 is 11.6. The van der Waals surface area contributed by atoms with Crippen LogP contribution in [0.3, 0.4) is 0 Å². The van der Waals surface area contributed by atoms with Crippen molar-refractivity contribution in [3.63, 3.8) is 0 Å². The van der Waals surface area contributed by atoms with Gasteiger partial charge in [0.05, 0.1) is 5.56 Å². The summed E-state index contributed by atoms with van der Waals surface area (Å²) in [6.45, 7) is 0. The van der Waals surface area contributed by atoms with Crippen LogP contribution in [0.2, 0.25) is 10.2 Å². The van der Waals surface area contributed by atoms with Gasteiger partial charge < -0.3 is 9.51 Å². The molecule has 2 aromatic heterocycles. The van der Waals surface area contributed by atoms with E-state index in [1.54, 1.807) is 24.3 Å². The molecular formula is C12H6Cl2N2O2. The Kier molecular flexibility index (Phi) is 2.61. The molecule has 0 fully saturated rings. The number of fused-ring (bicyclic) bond motifs is 1. The van der Waals surface area contributed by atoms with Crippen LogP contribution >= 0.6 is 23.2 Å². The fraction of sp³-hybridized carbons (Fsp3) is 0. The normalized spacial score (nSPS) is 11.0. The summed E-state index contributed by atoms with van der Waals surface area (Å²) in [4.78, 5) is 14.7. The minimum absolute atomic E-state index is 0.204. The number of rotatable bonds is 1. The average Bonchev–Trinajstić information content (AvgIpc) is 2.75. The fourth-order valence-corrected chi connectivity index (χ4v) is 2.06. The Hall–Kier alpha value is -1.78. The number of aromatic nitrogens is 2. The lowest BCUT2D eigenvalue weighted by Gasteiger charge is -2.00. The molecule has 0 spiro atoms. The number of H-pyrrole nitrogens is 1. The van der Waals surface area contributed by atoms with E-state index in [0.717, 1.165) is 5.39 Å². The number of benzene rings is 1. The van der Waals surface area contributed by atoms with Crippen molar-refractivity contribution in [3.05, 3.63) is 50.9 Å². The van der Waals surface area contributed by atoms with Crippen LogP contribution in [0.1, 0.15) is 0 Å². The van der Waals surface area contributed by atoms with Gasteiger partial charge in [0.1, 0.15) is 0 Å². The second kappa shape index (κ2) is 4.15. The van der Waals surface area contributed by atoms with Gasteiger partial charge in [-0.2, -0.15) is 0 Å². The lowest BCUT2D eigenvalue weighted by atomic mass is 10.1. The Bertz CT molecular complexity index is 792. The molecule has 18 heavy (non-hydrogen) atoms. The second-order valence-corrected chi connectivity index (χ2v) is 4.58. The second-order valence-electron chi connectivity index (χ2n) is 3.76. The van der Waals surface area contributed by atoms with E-state index in [1.165, 1.54) is 6.07 Å². The van der Waals surface area contributed by atoms with Crippen LogP contribution < -0.4 is 5.56 Å². The molecule has 90 valence electrons. The molecule has 0 aliphatic carbocycles. The number of pyridine rings is 1. The van der Waals surface area contributed by atoms with Crippen LogP contribution in [0.25, 0.3) is 22.2 Å². The standard InChI is InChI=1S/C12H6Cl2N2O2/c13-7-1-2-9-6(3-7)4-8(12(17)15-9)10-5-11(14)16-18-10/h1-5H,(H,15,17). The number of halogens is 2. The van der Waals surface area contributed by atoms with Gasteiger partial charge in [-0.05, 0) is 24.3 Å². The van der Waals surface area contributed by atoms with Crippen molar-refractivity contribution in [2.75, 3.05) is 0 Å². The Morgan fingerprint density at radius 1 is 1.17 bits per heavy atom. The minimum atomic E-state index is -0.266. The monoisotopic (exact) mass is 280 g/mol. The van der Waals surface area contributed by atoms with E-state index in [-0.39, 0.29) is 10.7 Å². The van der Waals surface area contributed by atoms with Crippen LogP contribution in [-0.4, -0.2) is 10.1 Å². The highest BCUT2D eigenvalue weighted by Crippen LogP contribution is 2.23. The first-order valence-corrected chi connectivity index (χ1v) is 5.84. The largest absolute Gasteiger partial charge is 0.355 e. The zero-order valence-corrected chi connectivity index (χ0v) is 10.4. The predicted molar refractivity (Wildman–Crippen MR) is 70.1 cm³/mol. The number of hydrogen-bond acceptors (Lipinski definition) is 3. The fourth-order valence-electron chi connectivity index (χ4n) is 1.74. The van der Waals surface area contributed by atoms with Gasteiger partial charge in [-0.1, -0.05) is 28.4 Å². The van der Waals surface area contributed by atoms with Gasteiger partial charge in [0, 0.05) is 22.0 Å². The van der Waals surface area contributed by atoms with Gasteiger partial charge in [0.25, 0.3) is 5.56 Å². The minimum Gasteiger partial charge on any atom is -0.355 e. The molecular weight excluding hydrogens is 275 g/mol. The molecule has 0 unspecified atom stereocenters. The van der Waals surface area contributed by atoms with Crippen molar-refractivity contribution in [2.45, 2.75) is 0 Å². The molecule has 3 rings (SSSR count). The SMILES string of the molecule is O=c1[nH]c2ccc(Cl)cc2cc1-c1cc(Cl)no1. The maximum absolute atomic E-state index is 11.9. The van der Waals surface area contributed by atoms with Crippen molar-refractivity contribution in [3.8, 4) is 11.3 Å². The van der Waals surface area contributed by atoms with Crippen LogP contribution in [0, 0.1) is 0 Å². The van der Waals surface area contributed by atoms with Gasteiger partial charge in [-0.15, -0.1) is 0 Å². The molecule has 0 atom stereocenters. The van der Waals surface area contributed by atoms with Crippen molar-refractivity contribution in [1.29, 1.82) is 0 Å². The molecule has 6 heteroatoms. The molecule has 2 heterocycles. The van der Waals surface area contributed by atoms with E-state index >= 15 is 0 Å². The predicted octanol–water partition coefficient (Wildman–Crippen LogP) is 3.49. The van der Waals surface area contributed by atoms with Crippen molar-refractivity contribution in [2.24, 2.45) is 0 Å². The highest BCUT2D eigenvalue weighted by molar-refractivity contribution is 6.31. The summed E-state index contributed by atoms with van der Waals surface area (Å²) < 4.78 is 4.98. The third-order valence-corrected chi connectivity index (χ3v) is 2.97. The first-order valence-electron chi connectivity index (χ1n) is 5.09. The Morgan fingerprint density at radius 2 is 2.00 bits per heavy atom. The Labute approximate surface area is 111 Å². The molecule has 3 aromatic rings. The third kappa shape index (κ3) is 1.89. The van der Waals surface area contributed by atoms with Gasteiger partial charge in [-0.3, -0.25) is 4.79 Å². The molecule has 4 nitrogen and oxygen atoms in total. The number of hydrogen-bond donors (Lipinski definition) is 1. The topological polar surface area (TPSA) is 58.9 Å². The number of nitrogens with zero attached hydrogens (tertiary/aromatic N) is 1. The summed E-state index contributed by atoms with van der Waals surface area (Å²) in [5.41, 5.74) is 0.806. The third-order valence-electron chi connectivity index (χ3n) is 2.55. The molecule has 0 saturated carbocycles. The number of nitrogens with one attached hydrogen (secondary N) is 1. The lowest BCUT2D eigenvalue weighted by molar-refractivity contribution is 0.432. The molecule has 0 saturated heterocycles. The van der Waals surface area contributed by atoms with Crippen molar-refractivity contribution >= 4 is 34.1 Å². The summed E-state index contributed by atoms with van der Waals surface area (Å²) in [5.74, 6) is 0.322. The van der Waals surface area contributed by atoms with E-state index in [0.29, 0.717) is 21.9 Å². The van der Waals surface area contributed by atoms with E-state index in [2.05, 4.69) is 10.1 Å². The zero-order valence-electron chi connectivity index (χ0n) is 8.91. The summed E-state index contributed by atoms with van der Waals surface area (Å²) in [5, 5.41) is 5.15. The van der Waals surface area contributed by atoms with E-state index in [1.807, 2.05) is 0 Å². The zero-order chi connectivity index (χ0) is 12.7. The molecule has 0 aliphatic heterocycles. The van der Waals surface area contributed by atoms with Gasteiger partial charge in [0.15, 0.2) is 10.9 Å². The molecule has 0 radical (unpaired) electrons. The maximum Gasteiger partial charge on any atom is 0.259 e. The molecule has 1 aromatic carbocycles. The molecule has 0 amide bonds. The molecule has 0 aliphatic rings. The van der Waals surface area contributed by atoms with Gasteiger partial charge in [0.2, 0.25) is 0 Å². The lowest BCUT2D eigenvalue weighted by Crippen LogP contribution is -2.08. The van der Waals surface area contributed by atoms with Crippen molar-refractivity contribution < 1.29 is 4.52 Å². The van der Waals surface area contributed by atoms with Crippen LogP contribution in [0.5, 0.6) is 0 Å². The summed E-state index contributed by atoms with van der Waals surface area (Å²) in [6.07, 6.45) is 0. The van der Waals surface area contributed by atoms with E-state index < -0.39 is 0 Å². The summed E-state index contributed by atoms with van der Waals surface area (Å²) in [6, 6.07) is 8.40. The maximum atomic E-state index is 11.9. The number of aromatic amines is 1. The quantitative estimate of drug-likeness (QED) is 0.742. The van der Waals surface area contributed by atoms with E-state index in [9.17, 15) is 4.79 Å². The van der Waals surface area contributed by atoms with Crippen molar-refractivity contribution in [1.82, 2.24) is 10.1 Å². The highest BCUT2D eigenvalue weighted by Gasteiger charge is 2.11. The molecule has 1 N–H and O–H groups in total. The van der Waals surface area contributed by atoms with E-state index in [4.69, 9.17) is 27.7 Å². The van der Waals surface area contributed by atoms with Gasteiger partial charge >= 0.3 is 0 Å². The Balaban J connectivity index is 2.29. The first kappa shape index (κ1) is 11.3. The van der Waals surface area contributed by atoms with Crippen LogP contribution in [0.15, 0.2) is 39.6 Å².